The highest BCUT2D eigenvalue weighted by atomic mass is 127. The number of benzene rings is 1. The molecule has 2 aromatic rings. The minimum Gasteiger partial charge on any atom is -0.490 e. The van der Waals surface area contributed by atoms with E-state index >= 15 is 0 Å². The zero-order valence-electron chi connectivity index (χ0n) is 18.0. The molecule has 0 amide bonds. The lowest BCUT2D eigenvalue weighted by molar-refractivity contribution is 0.285. The summed E-state index contributed by atoms with van der Waals surface area (Å²) < 4.78 is 20.0. The van der Waals surface area contributed by atoms with E-state index in [1.807, 2.05) is 33.0 Å². The van der Waals surface area contributed by atoms with E-state index in [0.717, 1.165) is 36.6 Å². The molecule has 1 aromatic carbocycles. The summed E-state index contributed by atoms with van der Waals surface area (Å²) in [6.45, 7) is 8.14. The van der Waals surface area contributed by atoms with E-state index in [1.165, 1.54) is 18.4 Å². The van der Waals surface area contributed by atoms with Gasteiger partial charge in [0.25, 0.3) is 0 Å². The molecule has 0 spiro atoms. The lowest BCUT2D eigenvalue weighted by atomic mass is 10.1. The van der Waals surface area contributed by atoms with Crippen LogP contribution < -0.4 is 15.4 Å². The van der Waals surface area contributed by atoms with Gasteiger partial charge in [-0.1, -0.05) is 6.07 Å². The molecule has 1 unspecified atom stereocenters. The number of aromatic nitrogens is 2. The van der Waals surface area contributed by atoms with Gasteiger partial charge in [-0.3, -0.25) is 10.1 Å². The van der Waals surface area contributed by atoms with Crippen LogP contribution in [0.1, 0.15) is 56.0 Å². The second kappa shape index (κ2) is 12.1. The molecule has 1 heterocycles. The fraction of sp³-hybridized carbons (Fsp3) is 0.545. The largest absolute Gasteiger partial charge is 0.490 e. The van der Waals surface area contributed by atoms with Crippen LogP contribution in [-0.4, -0.2) is 35.9 Å². The minimum absolute atomic E-state index is 0. The van der Waals surface area contributed by atoms with Gasteiger partial charge in [-0.25, -0.2) is 4.39 Å². The fourth-order valence-electron chi connectivity index (χ4n) is 3.09. The van der Waals surface area contributed by atoms with Crippen molar-refractivity contribution < 1.29 is 9.13 Å². The number of rotatable bonds is 10. The van der Waals surface area contributed by atoms with Crippen LogP contribution in [0, 0.1) is 18.7 Å². The number of H-pyrrole nitrogens is 1. The normalized spacial score (nSPS) is 14.7. The first-order valence-corrected chi connectivity index (χ1v) is 10.5. The molecule has 3 rings (SSSR count). The molecule has 1 aliphatic rings. The number of hydrogen-bond acceptors (Lipinski definition) is 3. The van der Waals surface area contributed by atoms with E-state index in [1.54, 1.807) is 12.1 Å². The highest BCUT2D eigenvalue weighted by Crippen LogP contribution is 2.30. The smallest absolute Gasteiger partial charge is 0.191 e. The number of aliphatic imine (C=N–C) groups is 1. The second-order valence-electron chi connectivity index (χ2n) is 7.69. The average Bonchev–Trinajstić information content (AvgIpc) is 3.44. The molecule has 0 bridgehead atoms. The van der Waals surface area contributed by atoms with Crippen LogP contribution in [0.25, 0.3) is 0 Å². The molecular formula is C22H33FIN5O. The van der Waals surface area contributed by atoms with Crippen molar-refractivity contribution in [3.8, 4) is 5.75 Å². The third-order valence-corrected chi connectivity index (χ3v) is 5.13. The molecule has 1 aromatic heterocycles. The van der Waals surface area contributed by atoms with E-state index in [0.29, 0.717) is 24.8 Å². The molecule has 3 N–H and O–H groups in total. The van der Waals surface area contributed by atoms with Crippen molar-refractivity contribution in [2.24, 2.45) is 10.9 Å². The molecule has 0 radical (unpaired) electrons. The molecule has 1 atom stereocenters. The summed E-state index contributed by atoms with van der Waals surface area (Å²) in [6, 6.07) is 5.11. The highest BCUT2D eigenvalue weighted by Gasteiger charge is 2.22. The van der Waals surface area contributed by atoms with Gasteiger partial charge in [-0.05, 0) is 75.6 Å². The summed E-state index contributed by atoms with van der Waals surface area (Å²) >= 11 is 0. The lowest BCUT2D eigenvalue weighted by Gasteiger charge is -2.19. The van der Waals surface area contributed by atoms with Crippen molar-refractivity contribution in [1.29, 1.82) is 0 Å². The van der Waals surface area contributed by atoms with Crippen LogP contribution in [0.2, 0.25) is 0 Å². The summed E-state index contributed by atoms with van der Waals surface area (Å²) in [5.41, 5.74) is 3.20. The van der Waals surface area contributed by atoms with Crippen LogP contribution in [-0.2, 0) is 6.42 Å². The molecule has 0 saturated heterocycles. The Bertz CT molecular complexity index is 822. The second-order valence-corrected chi connectivity index (χ2v) is 7.69. The standard InChI is InChI=1S/C22H32FN5O.HI/c1-4-24-22(25-11-5-6-19-13-26-28-16(19)3)27-15(2)18-9-10-21(20(23)12-18)29-14-17-7-8-17;/h9-10,12-13,15,17H,4-8,11,14H2,1-3H3,(H,26,28)(H2,24,25,27);1H. The van der Waals surface area contributed by atoms with Crippen LogP contribution in [0.3, 0.4) is 0 Å². The SMILES string of the molecule is CCNC(=NCCCc1cn[nH]c1C)NC(C)c1ccc(OCC2CC2)c(F)c1.I. The van der Waals surface area contributed by atoms with Gasteiger partial charge in [-0.2, -0.15) is 5.10 Å². The Morgan fingerprint density at radius 2 is 2.20 bits per heavy atom. The molecule has 6 nitrogen and oxygen atoms in total. The van der Waals surface area contributed by atoms with E-state index in [4.69, 9.17) is 4.74 Å². The molecule has 166 valence electrons. The molecule has 8 heteroatoms. The van der Waals surface area contributed by atoms with Crippen molar-refractivity contribution in [3.63, 3.8) is 0 Å². The van der Waals surface area contributed by atoms with E-state index in [2.05, 4.69) is 25.8 Å². The maximum atomic E-state index is 14.4. The Morgan fingerprint density at radius 3 is 2.83 bits per heavy atom. The van der Waals surface area contributed by atoms with Crippen LogP contribution >= 0.6 is 24.0 Å². The number of guanidine groups is 1. The number of nitrogens with one attached hydrogen (secondary N) is 3. The Morgan fingerprint density at radius 1 is 1.40 bits per heavy atom. The molecular weight excluding hydrogens is 496 g/mol. The van der Waals surface area contributed by atoms with Crippen molar-refractivity contribution in [2.75, 3.05) is 19.7 Å². The van der Waals surface area contributed by atoms with Gasteiger partial charge < -0.3 is 15.4 Å². The zero-order chi connectivity index (χ0) is 20.6. The summed E-state index contributed by atoms with van der Waals surface area (Å²) in [5.74, 6) is 1.36. The van der Waals surface area contributed by atoms with Crippen LogP contribution in [0.5, 0.6) is 5.75 Å². The number of aromatic amines is 1. The maximum absolute atomic E-state index is 14.4. The van der Waals surface area contributed by atoms with Gasteiger partial charge in [0.05, 0.1) is 18.8 Å². The molecule has 1 aliphatic carbocycles. The highest BCUT2D eigenvalue weighted by molar-refractivity contribution is 14.0. The van der Waals surface area contributed by atoms with E-state index in [9.17, 15) is 4.39 Å². The number of halogens is 2. The van der Waals surface area contributed by atoms with Crippen molar-refractivity contribution in [1.82, 2.24) is 20.8 Å². The number of hydrogen-bond donors (Lipinski definition) is 3. The van der Waals surface area contributed by atoms with Gasteiger partial charge in [0, 0.05) is 18.8 Å². The van der Waals surface area contributed by atoms with Crippen LogP contribution in [0.4, 0.5) is 4.39 Å². The molecule has 1 saturated carbocycles. The van der Waals surface area contributed by atoms with E-state index < -0.39 is 0 Å². The van der Waals surface area contributed by atoms with Gasteiger partial charge in [0.15, 0.2) is 17.5 Å². The van der Waals surface area contributed by atoms with Crippen molar-refractivity contribution in [3.05, 3.63) is 47.0 Å². The van der Waals surface area contributed by atoms with E-state index in [-0.39, 0.29) is 35.8 Å². The van der Waals surface area contributed by atoms with Crippen molar-refractivity contribution in [2.45, 2.75) is 52.5 Å². The van der Waals surface area contributed by atoms with Gasteiger partial charge in [-0.15, -0.1) is 24.0 Å². The van der Waals surface area contributed by atoms with Gasteiger partial charge >= 0.3 is 0 Å². The lowest BCUT2D eigenvalue weighted by Crippen LogP contribution is -2.38. The minimum atomic E-state index is -0.311. The maximum Gasteiger partial charge on any atom is 0.191 e. The number of aryl methyl sites for hydroxylation is 2. The summed E-state index contributed by atoms with van der Waals surface area (Å²) in [4.78, 5) is 4.65. The first-order valence-electron chi connectivity index (χ1n) is 10.5. The molecule has 1 fully saturated rings. The predicted molar refractivity (Wildman–Crippen MR) is 129 cm³/mol. The Balaban J connectivity index is 0.00000320. The monoisotopic (exact) mass is 529 g/mol. The first kappa shape index (κ1) is 24.4. The van der Waals surface area contributed by atoms with Crippen LogP contribution in [0.15, 0.2) is 29.4 Å². The predicted octanol–water partition coefficient (Wildman–Crippen LogP) is 4.51. The van der Waals surface area contributed by atoms with Gasteiger partial charge in [0.2, 0.25) is 0 Å². The third kappa shape index (κ3) is 7.45. The topological polar surface area (TPSA) is 74.3 Å². The molecule has 0 aliphatic heterocycles. The third-order valence-electron chi connectivity index (χ3n) is 5.13. The van der Waals surface area contributed by atoms with Gasteiger partial charge in [0.1, 0.15) is 0 Å². The Hall–Kier alpha value is -1.84. The number of ether oxygens (including phenoxy) is 1. The summed E-state index contributed by atoms with van der Waals surface area (Å²) in [7, 11) is 0. The zero-order valence-corrected chi connectivity index (χ0v) is 20.3. The first-order chi connectivity index (χ1) is 14.1. The Labute approximate surface area is 195 Å². The molecule has 30 heavy (non-hydrogen) atoms. The Kier molecular flexibility index (Phi) is 9.87. The quantitative estimate of drug-likeness (QED) is 0.183. The fourth-order valence-corrected chi connectivity index (χ4v) is 3.09. The van der Waals surface area contributed by atoms with Crippen molar-refractivity contribution >= 4 is 29.9 Å². The number of nitrogens with zero attached hydrogens (tertiary/aromatic N) is 2. The summed E-state index contributed by atoms with van der Waals surface area (Å²) in [5, 5.41) is 13.6. The average molecular weight is 529 g/mol. The summed E-state index contributed by atoms with van der Waals surface area (Å²) in [6.07, 6.45) is 6.13.